The van der Waals surface area contributed by atoms with Gasteiger partial charge in [0, 0.05) is 30.6 Å². The van der Waals surface area contributed by atoms with E-state index >= 15 is 0 Å². The lowest BCUT2D eigenvalue weighted by Gasteiger charge is -2.41. The quantitative estimate of drug-likeness (QED) is 0.407. The van der Waals surface area contributed by atoms with Crippen molar-refractivity contribution in [1.82, 2.24) is 4.90 Å². The van der Waals surface area contributed by atoms with E-state index in [1.165, 1.54) is 5.56 Å². The highest BCUT2D eigenvalue weighted by Crippen LogP contribution is 2.42. The number of aryl methyl sites for hydroxylation is 1. The van der Waals surface area contributed by atoms with Gasteiger partial charge in [-0.05, 0) is 53.8 Å². The highest BCUT2D eigenvalue weighted by Gasteiger charge is 2.40. The van der Waals surface area contributed by atoms with Gasteiger partial charge in [0.05, 0.1) is 25.9 Å². The summed E-state index contributed by atoms with van der Waals surface area (Å²) in [5.74, 6) is 0.644. The third-order valence-corrected chi connectivity index (χ3v) is 6.87. The molecule has 2 atom stereocenters. The van der Waals surface area contributed by atoms with Crippen LogP contribution in [0.1, 0.15) is 29.0 Å². The smallest absolute Gasteiger partial charge is 0.118 e. The number of rotatable bonds is 9. The molecule has 0 aliphatic carbocycles. The zero-order chi connectivity index (χ0) is 23.1. The fraction of sp³-hybridized carbons (Fsp3) is 0.357. The zero-order valence-corrected chi connectivity index (χ0v) is 21.1. The molecule has 1 saturated heterocycles. The molecule has 1 aliphatic rings. The van der Waals surface area contributed by atoms with Crippen LogP contribution in [0.15, 0.2) is 78.9 Å². The minimum atomic E-state index is -1.08. The molecule has 4 nitrogen and oxygen atoms in total. The molecule has 1 fully saturated rings. The second kappa shape index (κ2) is 12.6. The molecule has 0 aromatic heterocycles. The monoisotopic (exact) mass is 501 g/mol. The van der Waals surface area contributed by atoms with Gasteiger partial charge in [-0.15, -0.1) is 12.4 Å². The highest BCUT2D eigenvalue weighted by atomic mass is 35.5. The SMILES string of the molecule is COc1ccc(C(O)(CCc2ccccc2)C(CN2CCOCC2)c2ccc(Cl)cc2)cc1.Cl. The first-order chi connectivity index (χ1) is 16.1. The van der Waals surface area contributed by atoms with Crippen LogP contribution in [0, 0.1) is 0 Å². The Kier molecular flexibility index (Phi) is 9.81. The summed E-state index contributed by atoms with van der Waals surface area (Å²) in [6.45, 7) is 3.90. The van der Waals surface area contributed by atoms with Gasteiger partial charge >= 0.3 is 0 Å². The van der Waals surface area contributed by atoms with Crippen LogP contribution in [0.5, 0.6) is 5.75 Å². The molecule has 2 unspecified atom stereocenters. The summed E-state index contributed by atoms with van der Waals surface area (Å²) in [5.41, 5.74) is 2.12. The number of aliphatic hydroxyl groups is 1. The Morgan fingerprint density at radius 3 is 2.24 bits per heavy atom. The molecule has 0 bridgehead atoms. The van der Waals surface area contributed by atoms with Crippen molar-refractivity contribution in [3.05, 3.63) is 101 Å². The highest BCUT2D eigenvalue weighted by molar-refractivity contribution is 6.30. The summed E-state index contributed by atoms with van der Waals surface area (Å²) in [4.78, 5) is 2.39. The lowest BCUT2D eigenvalue weighted by Crippen LogP contribution is -2.45. The molecule has 1 N–H and O–H groups in total. The first-order valence-electron chi connectivity index (χ1n) is 11.5. The zero-order valence-electron chi connectivity index (χ0n) is 19.5. The number of methoxy groups -OCH3 is 1. The fourth-order valence-electron chi connectivity index (χ4n) is 4.65. The van der Waals surface area contributed by atoms with Crippen LogP contribution >= 0.6 is 24.0 Å². The van der Waals surface area contributed by atoms with E-state index in [9.17, 15) is 5.11 Å². The fourth-order valence-corrected chi connectivity index (χ4v) is 4.77. The van der Waals surface area contributed by atoms with Gasteiger partial charge < -0.3 is 14.6 Å². The molecule has 182 valence electrons. The summed E-state index contributed by atoms with van der Waals surface area (Å²) < 4.78 is 10.9. The Hall–Kier alpha value is -2.08. The summed E-state index contributed by atoms with van der Waals surface area (Å²) in [6.07, 6.45) is 1.37. The number of nitrogens with zero attached hydrogens (tertiary/aromatic N) is 1. The second-order valence-corrected chi connectivity index (χ2v) is 9.09. The van der Waals surface area contributed by atoms with Gasteiger partial charge in [-0.25, -0.2) is 0 Å². The molecular formula is C28H33Cl2NO3. The Morgan fingerprint density at radius 2 is 1.62 bits per heavy atom. The predicted molar refractivity (Wildman–Crippen MR) is 140 cm³/mol. The van der Waals surface area contributed by atoms with E-state index in [0.717, 1.165) is 56.1 Å². The van der Waals surface area contributed by atoms with Crippen molar-refractivity contribution >= 4 is 24.0 Å². The molecule has 0 radical (unpaired) electrons. The Bertz CT molecular complexity index is 992. The molecule has 1 heterocycles. The van der Waals surface area contributed by atoms with Crippen molar-refractivity contribution in [2.75, 3.05) is 40.0 Å². The molecule has 0 saturated carbocycles. The minimum absolute atomic E-state index is 0. The van der Waals surface area contributed by atoms with Gasteiger partial charge in [0.1, 0.15) is 5.75 Å². The van der Waals surface area contributed by atoms with E-state index in [1.807, 2.05) is 66.7 Å². The van der Waals surface area contributed by atoms with Crippen LogP contribution < -0.4 is 4.74 Å². The van der Waals surface area contributed by atoms with E-state index in [-0.39, 0.29) is 18.3 Å². The Balaban J connectivity index is 0.00000324. The van der Waals surface area contributed by atoms with Crippen LogP contribution in [0.2, 0.25) is 5.02 Å². The third-order valence-electron chi connectivity index (χ3n) is 6.62. The molecule has 1 aliphatic heterocycles. The van der Waals surface area contributed by atoms with Crippen LogP contribution in [-0.2, 0) is 16.8 Å². The third kappa shape index (κ3) is 6.53. The molecule has 6 heteroatoms. The Morgan fingerprint density at radius 1 is 0.971 bits per heavy atom. The number of hydrogen-bond acceptors (Lipinski definition) is 4. The van der Waals surface area contributed by atoms with Crippen molar-refractivity contribution in [3.8, 4) is 5.75 Å². The first kappa shape index (κ1) is 26.5. The number of hydrogen-bond donors (Lipinski definition) is 1. The molecular weight excluding hydrogens is 469 g/mol. The molecule has 0 amide bonds. The number of benzene rings is 3. The molecule has 4 rings (SSSR count). The standard InChI is InChI=1S/C28H32ClNO3.ClH/c1-32-26-13-9-24(10-14-26)28(31,16-15-22-5-3-2-4-6-22)27(21-30-17-19-33-20-18-30)23-7-11-25(29)12-8-23;/h2-14,27,31H,15-21H2,1H3;1H. The van der Waals surface area contributed by atoms with Crippen molar-refractivity contribution in [3.63, 3.8) is 0 Å². The van der Waals surface area contributed by atoms with Crippen molar-refractivity contribution < 1.29 is 14.6 Å². The van der Waals surface area contributed by atoms with Crippen molar-refractivity contribution in [2.45, 2.75) is 24.4 Å². The first-order valence-corrected chi connectivity index (χ1v) is 11.9. The van der Waals surface area contributed by atoms with Gasteiger partial charge in [-0.2, -0.15) is 0 Å². The van der Waals surface area contributed by atoms with Gasteiger partial charge in [0.15, 0.2) is 0 Å². The summed E-state index contributed by atoms with van der Waals surface area (Å²) in [7, 11) is 1.66. The second-order valence-electron chi connectivity index (χ2n) is 8.66. The van der Waals surface area contributed by atoms with E-state index in [1.54, 1.807) is 7.11 Å². The molecule has 3 aromatic rings. The van der Waals surface area contributed by atoms with Crippen LogP contribution in [0.4, 0.5) is 0 Å². The predicted octanol–water partition coefficient (Wildman–Crippen LogP) is 5.71. The number of halogens is 2. The normalized spacial score (nSPS) is 16.8. The van der Waals surface area contributed by atoms with Gasteiger partial charge in [0.25, 0.3) is 0 Å². The lowest BCUT2D eigenvalue weighted by atomic mass is 9.73. The maximum atomic E-state index is 12.5. The van der Waals surface area contributed by atoms with Gasteiger partial charge in [0.2, 0.25) is 0 Å². The van der Waals surface area contributed by atoms with Crippen LogP contribution in [0.25, 0.3) is 0 Å². The minimum Gasteiger partial charge on any atom is -0.497 e. The topological polar surface area (TPSA) is 41.9 Å². The van der Waals surface area contributed by atoms with Crippen LogP contribution in [0.3, 0.4) is 0 Å². The molecule has 0 spiro atoms. The summed E-state index contributed by atoms with van der Waals surface area (Å²) >= 11 is 6.21. The van der Waals surface area contributed by atoms with Crippen LogP contribution in [-0.4, -0.2) is 50.0 Å². The maximum Gasteiger partial charge on any atom is 0.118 e. The molecule has 34 heavy (non-hydrogen) atoms. The molecule has 3 aromatic carbocycles. The van der Waals surface area contributed by atoms with Gasteiger partial charge in [-0.3, -0.25) is 4.90 Å². The van der Waals surface area contributed by atoms with Gasteiger partial charge in [-0.1, -0.05) is 66.2 Å². The Labute approximate surface area is 213 Å². The van der Waals surface area contributed by atoms with E-state index in [0.29, 0.717) is 11.4 Å². The average Bonchev–Trinajstić information content (AvgIpc) is 2.88. The van der Waals surface area contributed by atoms with E-state index in [2.05, 4.69) is 17.0 Å². The van der Waals surface area contributed by atoms with Crippen molar-refractivity contribution in [2.24, 2.45) is 0 Å². The van der Waals surface area contributed by atoms with E-state index < -0.39 is 5.60 Å². The lowest BCUT2D eigenvalue weighted by molar-refractivity contribution is -0.0279. The number of ether oxygens (including phenoxy) is 2. The van der Waals surface area contributed by atoms with Crippen molar-refractivity contribution in [1.29, 1.82) is 0 Å². The van der Waals surface area contributed by atoms with E-state index in [4.69, 9.17) is 21.1 Å². The largest absolute Gasteiger partial charge is 0.497 e. The summed E-state index contributed by atoms with van der Waals surface area (Å²) in [5, 5.41) is 13.2. The maximum absolute atomic E-state index is 12.5. The summed E-state index contributed by atoms with van der Waals surface area (Å²) in [6, 6.07) is 26.1. The average molecular weight is 502 g/mol. The number of morpholine rings is 1.